The van der Waals surface area contributed by atoms with E-state index in [2.05, 4.69) is 13.5 Å². The van der Waals surface area contributed by atoms with Crippen LogP contribution in [0.2, 0.25) is 0 Å². The Kier molecular flexibility index (Phi) is 3.24. The van der Waals surface area contributed by atoms with Crippen LogP contribution in [0.1, 0.15) is 30.9 Å². The zero-order valence-electron chi connectivity index (χ0n) is 8.23. The van der Waals surface area contributed by atoms with Crippen molar-refractivity contribution < 1.29 is 4.39 Å². The summed E-state index contributed by atoms with van der Waals surface area (Å²) in [4.78, 5) is 0. The topological polar surface area (TPSA) is 0 Å². The fourth-order valence-electron chi connectivity index (χ4n) is 1.34. The van der Waals surface area contributed by atoms with E-state index in [1.165, 1.54) is 0 Å². The van der Waals surface area contributed by atoms with E-state index in [0.29, 0.717) is 5.56 Å². The molecule has 1 rings (SSSR count). The normalized spacial score (nSPS) is 10.1. The molecule has 0 aromatic heterocycles. The quantitative estimate of drug-likeness (QED) is 0.657. The maximum absolute atomic E-state index is 13.4. The van der Waals surface area contributed by atoms with Crippen molar-refractivity contribution in [3.05, 3.63) is 41.7 Å². The van der Waals surface area contributed by atoms with Crippen molar-refractivity contribution in [3.8, 4) is 0 Å². The lowest BCUT2D eigenvalue weighted by atomic mass is 10.0. The summed E-state index contributed by atoms with van der Waals surface area (Å²) in [7, 11) is 0. The Bertz CT molecular complexity index is 313. The number of aryl methyl sites for hydroxylation is 1. The zero-order valence-corrected chi connectivity index (χ0v) is 8.23. The van der Waals surface area contributed by atoms with Gasteiger partial charge in [-0.3, -0.25) is 0 Å². The molecule has 0 aliphatic heterocycles. The average molecular weight is 178 g/mol. The second kappa shape index (κ2) is 4.22. The molecule has 70 valence electrons. The first kappa shape index (κ1) is 9.97. The second-order valence-corrected chi connectivity index (χ2v) is 3.34. The molecule has 0 aliphatic rings. The van der Waals surface area contributed by atoms with Gasteiger partial charge in [0, 0.05) is 5.56 Å². The maximum Gasteiger partial charge on any atom is 0.130 e. The van der Waals surface area contributed by atoms with Crippen molar-refractivity contribution in [1.82, 2.24) is 0 Å². The van der Waals surface area contributed by atoms with Crippen molar-refractivity contribution in [3.63, 3.8) is 0 Å². The predicted octanol–water partition coefficient (Wildman–Crippen LogP) is 3.95. The molecule has 0 amide bonds. The first-order chi connectivity index (χ1) is 6.15. The van der Waals surface area contributed by atoms with Gasteiger partial charge in [0.25, 0.3) is 0 Å². The first-order valence-corrected chi connectivity index (χ1v) is 4.59. The van der Waals surface area contributed by atoms with Gasteiger partial charge in [0.1, 0.15) is 5.82 Å². The molecule has 1 aromatic carbocycles. The molecular weight excluding hydrogens is 163 g/mol. The summed E-state index contributed by atoms with van der Waals surface area (Å²) >= 11 is 0. The van der Waals surface area contributed by atoms with E-state index in [0.717, 1.165) is 24.0 Å². The molecule has 0 aliphatic carbocycles. The van der Waals surface area contributed by atoms with E-state index >= 15 is 0 Å². The third-order valence-corrected chi connectivity index (χ3v) is 2.06. The van der Waals surface area contributed by atoms with Crippen LogP contribution in [0.4, 0.5) is 4.39 Å². The molecule has 0 bridgehead atoms. The van der Waals surface area contributed by atoms with Crippen LogP contribution >= 0.6 is 0 Å². The zero-order chi connectivity index (χ0) is 9.84. The van der Waals surface area contributed by atoms with E-state index in [-0.39, 0.29) is 5.82 Å². The fraction of sp³-hybridized carbons (Fsp3) is 0.333. The van der Waals surface area contributed by atoms with Crippen LogP contribution in [0.25, 0.3) is 5.57 Å². The highest BCUT2D eigenvalue weighted by atomic mass is 19.1. The SMILES string of the molecule is C=C(CCC)c1ccc(C)cc1F. The van der Waals surface area contributed by atoms with Gasteiger partial charge < -0.3 is 0 Å². The maximum atomic E-state index is 13.4. The summed E-state index contributed by atoms with van der Waals surface area (Å²) in [5, 5.41) is 0. The summed E-state index contributed by atoms with van der Waals surface area (Å²) in [5.74, 6) is -0.154. The van der Waals surface area contributed by atoms with E-state index in [9.17, 15) is 4.39 Å². The summed E-state index contributed by atoms with van der Waals surface area (Å²) in [6.07, 6.45) is 1.87. The van der Waals surface area contributed by atoms with Crippen LogP contribution in [-0.2, 0) is 0 Å². The monoisotopic (exact) mass is 178 g/mol. The third-order valence-electron chi connectivity index (χ3n) is 2.06. The lowest BCUT2D eigenvalue weighted by Crippen LogP contribution is -1.89. The van der Waals surface area contributed by atoms with Crippen LogP contribution in [0.15, 0.2) is 24.8 Å². The fourth-order valence-corrected chi connectivity index (χ4v) is 1.34. The molecule has 1 aromatic rings. The number of allylic oxidation sites excluding steroid dienone is 1. The Labute approximate surface area is 79.1 Å². The van der Waals surface area contributed by atoms with Gasteiger partial charge in [-0.2, -0.15) is 0 Å². The summed E-state index contributed by atoms with van der Waals surface area (Å²) in [6.45, 7) is 7.82. The molecule has 0 atom stereocenters. The van der Waals surface area contributed by atoms with Crippen LogP contribution in [0, 0.1) is 12.7 Å². The molecule has 0 nitrogen and oxygen atoms in total. The van der Waals surface area contributed by atoms with Gasteiger partial charge in [-0.05, 0) is 30.5 Å². The standard InChI is InChI=1S/C12H15F/c1-4-5-10(3)11-7-6-9(2)8-12(11)13/h6-8H,3-5H2,1-2H3. The second-order valence-electron chi connectivity index (χ2n) is 3.34. The molecule has 0 heterocycles. The number of benzene rings is 1. The highest BCUT2D eigenvalue weighted by molar-refractivity contribution is 5.63. The lowest BCUT2D eigenvalue weighted by Gasteiger charge is -2.06. The molecule has 0 spiro atoms. The van der Waals surface area contributed by atoms with Crippen molar-refractivity contribution in [1.29, 1.82) is 0 Å². The van der Waals surface area contributed by atoms with Gasteiger partial charge in [0.2, 0.25) is 0 Å². The van der Waals surface area contributed by atoms with Crippen LogP contribution in [0.3, 0.4) is 0 Å². The highest BCUT2D eigenvalue weighted by Gasteiger charge is 2.04. The predicted molar refractivity (Wildman–Crippen MR) is 55.1 cm³/mol. The Morgan fingerprint density at radius 2 is 2.15 bits per heavy atom. The van der Waals surface area contributed by atoms with Crippen LogP contribution in [-0.4, -0.2) is 0 Å². The molecule has 0 unspecified atom stereocenters. The van der Waals surface area contributed by atoms with Gasteiger partial charge in [-0.25, -0.2) is 4.39 Å². The molecule has 13 heavy (non-hydrogen) atoms. The van der Waals surface area contributed by atoms with Crippen molar-refractivity contribution in [2.24, 2.45) is 0 Å². The van der Waals surface area contributed by atoms with Crippen LogP contribution < -0.4 is 0 Å². The summed E-state index contributed by atoms with van der Waals surface area (Å²) < 4.78 is 13.4. The Hall–Kier alpha value is -1.11. The molecule has 0 radical (unpaired) electrons. The number of halogens is 1. The largest absolute Gasteiger partial charge is 0.206 e. The van der Waals surface area contributed by atoms with Gasteiger partial charge in [-0.1, -0.05) is 32.1 Å². The number of rotatable bonds is 3. The third kappa shape index (κ3) is 2.41. The molecule has 1 heteroatoms. The van der Waals surface area contributed by atoms with E-state index < -0.39 is 0 Å². The van der Waals surface area contributed by atoms with Gasteiger partial charge in [0.05, 0.1) is 0 Å². The summed E-state index contributed by atoms with van der Waals surface area (Å²) in [6, 6.07) is 5.28. The van der Waals surface area contributed by atoms with Crippen LogP contribution in [0.5, 0.6) is 0 Å². The highest BCUT2D eigenvalue weighted by Crippen LogP contribution is 2.21. The Balaban J connectivity index is 2.95. The number of hydrogen-bond acceptors (Lipinski definition) is 0. The average Bonchev–Trinajstić information content (AvgIpc) is 2.04. The van der Waals surface area contributed by atoms with E-state index in [1.54, 1.807) is 6.07 Å². The van der Waals surface area contributed by atoms with Crippen molar-refractivity contribution >= 4 is 5.57 Å². The smallest absolute Gasteiger partial charge is 0.130 e. The molecule has 0 saturated carbocycles. The van der Waals surface area contributed by atoms with E-state index in [4.69, 9.17) is 0 Å². The Morgan fingerprint density at radius 1 is 1.46 bits per heavy atom. The van der Waals surface area contributed by atoms with Crippen molar-refractivity contribution in [2.75, 3.05) is 0 Å². The molecule has 0 N–H and O–H groups in total. The summed E-state index contributed by atoms with van der Waals surface area (Å²) in [5.41, 5.74) is 2.50. The van der Waals surface area contributed by atoms with Gasteiger partial charge in [-0.15, -0.1) is 0 Å². The van der Waals surface area contributed by atoms with Gasteiger partial charge in [0.15, 0.2) is 0 Å². The molecule has 0 saturated heterocycles. The minimum atomic E-state index is -0.154. The Morgan fingerprint density at radius 3 is 2.69 bits per heavy atom. The van der Waals surface area contributed by atoms with Crippen molar-refractivity contribution in [2.45, 2.75) is 26.7 Å². The lowest BCUT2D eigenvalue weighted by molar-refractivity contribution is 0.622. The first-order valence-electron chi connectivity index (χ1n) is 4.59. The van der Waals surface area contributed by atoms with E-state index in [1.807, 2.05) is 19.1 Å². The number of hydrogen-bond donors (Lipinski definition) is 0. The minimum Gasteiger partial charge on any atom is -0.206 e. The molecular formula is C12H15F. The minimum absolute atomic E-state index is 0.154. The molecule has 0 fully saturated rings. The van der Waals surface area contributed by atoms with Gasteiger partial charge >= 0.3 is 0 Å².